The van der Waals surface area contributed by atoms with Gasteiger partial charge in [-0.25, -0.2) is 9.59 Å². The van der Waals surface area contributed by atoms with Gasteiger partial charge in [0.05, 0.1) is 43.4 Å². The number of carbonyl (C=O) groups excluding carboxylic acids is 3. The minimum atomic E-state index is -2.28. The summed E-state index contributed by atoms with van der Waals surface area (Å²) in [6.45, 7) is 13.9. The minimum absolute atomic E-state index is 0.107. The summed E-state index contributed by atoms with van der Waals surface area (Å²) in [4.78, 5) is 53.9. The van der Waals surface area contributed by atoms with E-state index in [1.54, 1.807) is 26.8 Å². The van der Waals surface area contributed by atoms with Crippen LogP contribution in [-0.4, -0.2) is 252 Å². The summed E-state index contributed by atoms with van der Waals surface area (Å²) in [6, 6.07) is 0. The van der Waals surface area contributed by atoms with Crippen molar-refractivity contribution >= 4 is 24.2 Å². The third-order valence-corrected chi connectivity index (χ3v) is 22.2. The fraction of sp³-hybridized carbons (Fsp3) is 0.864. The summed E-state index contributed by atoms with van der Waals surface area (Å²) in [5.74, 6) is -4.20. The van der Waals surface area contributed by atoms with Crippen molar-refractivity contribution < 1.29 is 133 Å². The number of carboxylic acids is 1. The highest BCUT2D eigenvalue weighted by molar-refractivity contribution is 5.87. The Hall–Kier alpha value is -3.24. The van der Waals surface area contributed by atoms with E-state index in [0.717, 1.165) is 11.9 Å². The fourth-order valence-corrected chi connectivity index (χ4v) is 17.0. The van der Waals surface area contributed by atoms with Gasteiger partial charge in [-0.05, 0) is 92.8 Å². The van der Waals surface area contributed by atoms with E-state index < -0.39 is 224 Å². The number of aliphatic hydroxyl groups excluding tert-OH is 12. The van der Waals surface area contributed by atoms with Crippen LogP contribution < -0.4 is 0 Å². The summed E-state index contributed by atoms with van der Waals surface area (Å²) in [5.41, 5.74) is -4.44. The average molecular weight is 1230 g/mol. The number of rotatable bonds is 15. The first kappa shape index (κ1) is 67.2. The minimum Gasteiger partial charge on any atom is -0.479 e. The van der Waals surface area contributed by atoms with E-state index in [1.165, 1.54) is 6.92 Å². The van der Waals surface area contributed by atoms with E-state index in [-0.39, 0.29) is 18.8 Å². The third kappa shape index (κ3) is 10.9. The SMILES string of the molecule is C/C=C(\C)C(=O)O[C@H]1[C@H](O)[C@]2(CO)[C@H](OC(C)=O)C[C@]3(C)C(=CC[C@@H]4[C@@]5(C)CC[C@H](OC6O[C@H](C(=O)O)[C@@H](O)[C@H](O[C@@H]7OC[C@H](O)[C@H](O)C7O[C@@H]7OC[C@@H](O)[C@H](O)[C@H]7O)[C@H]6O[C@@H]6O[C@H](CO)[C@H](O)[C@H](O)[C@H]6O)[C@@](C)(C=O)[C@@H]5CC[C@]43C)[C@@H]2CC1(C)C. The Morgan fingerprint density at radius 2 is 1.29 bits per heavy atom. The van der Waals surface area contributed by atoms with Crippen LogP contribution in [0.2, 0.25) is 0 Å². The molecule has 4 saturated carbocycles. The van der Waals surface area contributed by atoms with E-state index in [0.29, 0.717) is 37.7 Å². The van der Waals surface area contributed by atoms with E-state index in [1.807, 2.05) is 13.8 Å². The number of carboxylic acid groups (broad SMARTS) is 1. The number of aliphatic hydroxyl groups is 12. The molecular weight excluding hydrogens is 1140 g/mol. The zero-order chi connectivity index (χ0) is 63.3. The predicted octanol–water partition coefficient (Wildman–Crippen LogP) is -2.01. The molecule has 4 heterocycles. The lowest BCUT2D eigenvalue weighted by molar-refractivity contribution is -0.398. The number of aliphatic carboxylic acids is 1. The topological polar surface area (TPSA) is 424 Å². The van der Waals surface area contributed by atoms with Gasteiger partial charge in [0.1, 0.15) is 104 Å². The molecule has 27 nitrogen and oxygen atoms in total. The van der Waals surface area contributed by atoms with Crippen LogP contribution in [0, 0.1) is 50.2 Å². The lowest BCUT2D eigenvalue weighted by Gasteiger charge is -2.72. The zero-order valence-corrected chi connectivity index (χ0v) is 50.0. The van der Waals surface area contributed by atoms with Crippen LogP contribution in [0.4, 0.5) is 0 Å². The van der Waals surface area contributed by atoms with Crippen LogP contribution in [0.3, 0.4) is 0 Å². The molecule has 488 valence electrons. The molecule has 0 bridgehead atoms. The normalized spacial score (nSPS) is 51.1. The van der Waals surface area contributed by atoms with Gasteiger partial charge < -0.3 is 119 Å². The van der Waals surface area contributed by atoms with Crippen LogP contribution >= 0.6 is 0 Å². The van der Waals surface area contributed by atoms with Crippen LogP contribution in [-0.2, 0) is 66.5 Å². The Bertz CT molecular complexity index is 2550. The van der Waals surface area contributed by atoms with Crippen molar-refractivity contribution in [2.45, 2.75) is 242 Å². The number of esters is 2. The largest absolute Gasteiger partial charge is 0.479 e. The van der Waals surface area contributed by atoms with Gasteiger partial charge in [-0.3, -0.25) is 4.79 Å². The van der Waals surface area contributed by atoms with Crippen molar-refractivity contribution in [2.75, 3.05) is 26.4 Å². The van der Waals surface area contributed by atoms with Gasteiger partial charge in [0.2, 0.25) is 0 Å². The highest BCUT2D eigenvalue weighted by atomic mass is 16.8. The maximum absolute atomic E-state index is 14.2. The van der Waals surface area contributed by atoms with Crippen molar-refractivity contribution in [3.8, 4) is 0 Å². The van der Waals surface area contributed by atoms with E-state index in [4.69, 9.17) is 47.4 Å². The fourth-order valence-electron chi connectivity index (χ4n) is 17.0. The summed E-state index contributed by atoms with van der Waals surface area (Å²) in [5, 5.41) is 143. The van der Waals surface area contributed by atoms with Crippen LogP contribution in [0.15, 0.2) is 23.3 Å². The maximum Gasteiger partial charge on any atom is 0.335 e. The standard InChI is InChI=1S/C59H90O27/c1-10-24(2)49(76)86-47-46(73)59(23-62)27(17-54(47,4)5)26-11-12-32-55(6)15-14-33(56(7,22-61)31(55)13-16-57(32,8)58(26,9)18-34(59)79-25(3)63)81-53-45(85-51-40(71)38(69)37(68)30(19-60)80-51)42(41(72)43(83-53)48(74)75)82-52-44(36(67)29(65)21-78-52)84-50-39(70)35(66)28(64)20-77-50/h10-11,22,27-47,50-53,60,62,64-73H,12-21,23H2,1-9H3,(H,74,75)/b24-10+/t27-,28+,29-,30+,31+,32+,33-,34+,35-,36-,37-,38-,39+,40+,41-,42-,43-,44?,45+,46-,47-,50-,51-,52-,53?,55-,56-,57+,58+,59-/m0/s1. The second kappa shape index (κ2) is 24.8. The van der Waals surface area contributed by atoms with E-state index in [9.17, 15) is 85.6 Å². The molecule has 9 aliphatic rings. The number of carbonyl (C=O) groups is 4. The molecule has 0 spiro atoms. The molecule has 27 heteroatoms. The molecule has 0 amide bonds. The zero-order valence-electron chi connectivity index (χ0n) is 50.0. The molecule has 86 heavy (non-hydrogen) atoms. The molecule has 30 atom stereocenters. The van der Waals surface area contributed by atoms with Gasteiger partial charge in [-0.1, -0.05) is 59.3 Å². The summed E-state index contributed by atoms with van der Waals surface area (Å²) < 4.78 is 60.5. The molecule has 0 aromatic heterocycles. The monoisotopic (exact) mass is 1230 g/mol. The molecule has 4 saturated heterocycles. The maximum atomic E-state index is 14.2. The van der Waals surface area contributed by atoms with Crippen molar-refractivity contribution in [1.82, 2.24) is 0 Å². The third-order valence-electron chi connectivity index (χ3n) is 22.2. The van der Waals surface area contributed by atoms with Crippen molar-refractivity contribution in [2.24, 2.45) is 50.2 Å². The first-order chi connectivity index (χ1) is 40.3. The predicted molar refractivity (Wildman–Crippen MR) is 289 cm³/mol. The van der Waals surface area contributed by atoms with Crippen molar-refractivity contribution in [1.29, 1.82) is 0 Å². The Kier molecular flexibility index (Phi) is 19.3. The molecule has 9 rings (SSSR count). The van der Waals surface area contributed by atoms with Crippen molar-refractivity contribution in [3.05, 3.63) is 23.3 Å². The van der Waals surface area contributed by atoms with Crippen LogP contribution in [0.5, 0.6) is 0 Å². The Labute approximate surface area is 498 Å². The lowest BCUT2D eigenvalue weighted by Crippen LogP contribution is -2.72. The molecule has 0 aromatic carbocycles. The molecule has 0 aromatic rings. The number of allylic oxidation sites excluding steroid dienone is 3. The number of hydrogen-bond donors (Lipinski definition) is 13. The molecule has 2 unspecified atom stereocenters. The van der Waals surface area contributed by atoms with E-state index >= 15 is 0 Å². The molecule has 13 N–H and O–H groups in total. The summed E-state index contributed by atoms with van der Waals surface area (Å²) >= 11 is 0. The second-order valence-corrected chi connectivity index (χ2v) is 27.3. The van der Waals surface area contributed by atoms with Gasteiger partial charge in [-0.2, -0.15) is 0 Å². The summed E-state index contributed by atoms with van der Waals surface area (Å²) in [6.07, 6.45) is -32.4. The molecule has 8 fully saturated rings. The van der Waals surface area contributed by atoms with Gasteiger partial charge in [0.25, 0.3) is 0 Å². The van der Waals surface area contributed by atoms with Gasteiger partial charge in [-0.15, -0.1) is 0 Å². The first-order valence-corrected chi connectivity index (χ1v) is 29.9. The van der Waals surface area contributed by atoms with Crippen LogP contribution in [0.25, 0.3) is 0 Å². The molecule has 5 aliphatic carbocycles. The van der Waals surface area contributed by atoms with Gasteiger partial charge in [0, 0.05) is 17.9 Å². The Morgan fingerprint density at radius 1 is 0.663 bits per heavy atom. The average Bonchev–Trinajstić information content (AvgIpc) is 0.671. The quantitative estimate of drug-likeness (QED) is 0.0277. The molecule has 0 radical (unpaired) electrons. The number of hydrogen-bond acceptors (Lipinski definition) is 26. The highest BCUT2D eigenvalue weighted by Gasteiger charge is 2.74. The Morgan fingerprint density at radius 3 is 1.91 bits per heavy atom. The second-order valence-electron chi connectivity index (χ2n) is 27.3. The highest BCUT2D eigenvalue weighted by Crippen LogP contribution is 2.76. The first-order valence-electron chi connectivity index (χ1n) is 29.9. The number of fused-ring (bicyclic) bond motifs is 7. The summed E-state index contributed by atoms with van der Waals surface area (Å²) in [7, 11) is 0. The smallest absolute Gasteiger partial charge is 0.335 e. The molecule has 4 aliphatic heterocycles. The van der Waals surface area contributed by atoms with Crippen molar-refractivity contribution in [3.63, 3.8) is 0 Å². The molecular formula is C59H90O27. The van der Waals surface area contributed by atoms with Crippen LogP contribution in [0.1, 0.15) is 107 Å². The lowest BCUT2D eigenvalue weighted by atomic mass is 9.33. The van der Waals surface area contributed by atoms with E-state index in [2.05, 4.69) is 26.8 Å². The Balaban J connectivity index is 1.06. The number of aldehydes is 1. The number of ether oxygens (including phenoxy) is 10. The van der Waals surface area contributed by atoms with Gasteiger partial charge >= 0.3 is 17.9 Å². The van der Waals surface area contributed by atoms with Gasteiger partial charge in [0.15, 0.2) is 31.3 Å².